The van der Waals surface area contributed by atoms with Crippen LogP contribution in [0.3, 0.4) is 0 Å². The summed E-state index contributed by atoms with van der Waals surface area (Å²) in [6.07, 6.45) is 3.55. The molecule has 3 rings (SSSR count). The lowest BCUT2D eigenvalue weighted by Gasteiger charge is -2.12. The van der Waals surface area contributed by atoms with E-state index in [0.29, 0.717) is 12.0 Å². The maximum absolute atomic E-state index is 12.1. The molecule has 1 aromatic rings. The van der Waals surface area contributed by atoms with Crippen molar-refractivity contribution >= 4 is 21.8 Å². The summed E-state index contributed by atoms with van der Waals surface area (Å²) in [5, 5.41) is 3.17. The molecule has 0 saturated heterocycles. The Bertz CT molecular complexity index is 469. The molecule has 2 fully saturated rings. The van der Waals surface area contributed by atoms with Crippen LogP contribution >= 0.6 is 15.9 Å². The number of carbonyl (C=O) groups excluding carboxylic acids is 1. The number of hydrogen-bond donors (Lipinski definition) is 1. The number of benzene rings is 1. The largest absolute Gasteiger partial charge is 0.353 e. The van der Waals surface area contributed by atoms with Crippen molar-refractivity contribution in [2.24, 2.45) is 11.8 Å². The molecule has 1 amide bonds. The summed E-state index contributed by atoms with van der Waals surface area (Å²) >= 11 is 3.57. The fourth-order valence-corrected chi connectivity index (χ4v) is 3.23. The number of nitrogens with one attached hydrogen (secondary N) is 1. The first-order chi connectivity index (χ1) is 8.66. The third kappa shape index (κ3) is 2.46. The highest BCUT2D eigenvalue weighted by Crippen LogP contribution is 2.49. The smallest absolute Gasteiger partial charge is 0.223 e. The zero-order valence-electron chi connectivity index (χ0n) is 10.5. The first kappa shape index (κ1) is 12.2. The van der Waals surface area contributed by atoms with Gasteiger partial charge < -0.3 is 5.32 Å². The first-order valence-electron chi connectivity index (χ1n) is 6.71. The van der Waals surface area contributed by atoms with Crippen molar-refractivity contribution < 1.29 is 4.79 Å². The van der Waals surface area contributed by atoms with E-state index in [-0.39, 0.29) is 11.8 Å². The van der Waals surface area contributed by atoms with Gasteiger partial charge in [0, 0.05) is 16.4 Å². The molecule has 2 saturated carbocycles. The van der Waals surface area contributed by atoms with E-state index in [0.717, 1.165) is 16.8 Å². The van der Waals surface area contributed by atoms with E-state index in [4.69, 9.17) is 0 Å². The number of amides is 1. The normalized spacial score (nSPS) is 27.7. The van der Waals surface area contributed by atoms with Gasteiger partial charge in [-0.15, -0.1) is 0 Å². The van der Waals surface area contributed by atoms with Gasteiger partial charge in [-0.2, -0.15) is 0 Å². The number of rotatable bonds is 4. The monoisotopic (exact) mass is 307 g/mol. The van der Waals surface area contributed by atoms with Gasteiger partial charge in [-0.05, 0) is 49.7 Å². The molecule has 0 aliphatic heterocycles. The van der Waals surface area contributed by atoms with Crippen LogP contribution in [0.2, 0.25) is 0 Å². The average Bonchev–Trinajstić information content (AvgIpc) is 3.22. The summed E-state index contributed by atoms with van der Waals surface area (Å²) in [6.45, 7) is 2.13. The van der Waals surface area contributed by atoms with Gasteiger partial charge in [0.15, 0.2) is 0 Å². The van der Waals surface area contributed by atoms with Crippen LogP contribution in [0.1, 0.15) is 37.7 Å². The van der Waals surface area contributed by atoms with Crippen LogP contribution in [0.5, 0.6) is 0 Å². The molecule has 0 spiro atoms. The zero-order chi connectivity index (χ0) is 12.7. The van der Waals surface area contributed by atoms with Crippen molar-refractivity contribution in [3.05, 3.63) is 34.3 Å². The molecule has 0 aromatic heterocycles. The highest BCUT2D eigenvalue weighted by atomic mass is 79.9. The molecular formula is C15H18BrNO. The summed E-state index contributed by atoms with van der Waals surface area (Å²) in [7, 11) is 0. The molecule has 2 aliphatic rings. The van der Waals surface area contributed by atoms with Crippen LogP contribution in [0.4, 0.5) is 0 Å². The van der Waals surface area contributed by atoms with Crippen LogP contribution < -0.4 is 5.32 Å². The summed E-state index contributed by atoms with van der Waals surface area (Å²) in [4.78, 5) is 12.1. The van der Waals surface area contributed by atoms with Gasteiger partial charge in [0.1, 0.15) is 0 Å². The second-order valence-electron chi connectivity index (χ2n) is 5.60. The Balaban J connectivity index is 1.60. The number of hydrogen-bond acceptors (Lipinski definition) is 1. The summed E-state index contributed by atoms with van der Waals surface area (Å²) in [5.74, 6) is 1.57. The molecule has 0 unspecified atom stereocenters. The topological polar surface area (TPSA) is 29.1 Å². The Morgan fingerprint density at radius 1 is 1.39 bits per heavy atom. The number of halogens is 1. The van der Waals surface area contributed by atoms with E-state index in [1.54, 1.807) is 0 Å². The fraction of sp³-hybridized carbons (Fsp3) is 0.533. The van der Waals surface area contributed by atoms with E-state index in [1.165, 1.54) is 18.4 Å². The third-order valence-corrected chi connectivity index (χ3v) is 4.85. The van der Waals surface area contributed by atoms with Crippen molar-refractivity contribution in [1.29, 1.82) is 0 Å². The SMILES string of the molecule is C[C@H](NC(=O)[C@@H]1C[C@H]1c1ccccc1Br)C1CC1. The van der Waals surface area contributed by atoms with Crippen LogP contribution in [0.15, 0.2) is 28.7 Å². The fourth-order valence-electron chi connectivity index (χ4n) is 2.65. The van der Waals surface area contributed by atoms with Crippen LogP contribution in [0.25, 0.3) is 0 Å². The van der Waals surface area contributed by atoms with Gasteiger partial charge in [0.2, 0.25) is 5.91 Å². The Hall–Kier alpha value is -0.830. The molecule has 1 N–H and O–H groups in total. The third-order valence-electron chi connectivity index (χ3n) is 4.13. The molecule has 18 heavy (non-hydrogen) atoms. The van der Waals surface area contributed by atoms with E-state index in [9.17, 15) is 4.79 Å². The second kappa shape index (κ2) is 4.69. The molecule has 0 radical (unpaired) electrons. The predicted octanol–water partition coefficient (Wildman–Crippen LogP) is 3.47. The zero-order valence-corrected chi connectivity index (χ0v) is 12.1. The molecule has 3 atom stereocenters. The van der Waals surface area contributed by atoms with Crippen molar-refractivity contribution in [3.8, 4) is 0 Å². The van der Waals surface area contributed by atoms with Crippen LogP contribution in [-0.2, 0) is 4.79 Å². The van der Waals surface area contributed by atoms with Gasteiger partial charge in [-0.3, -0.25) is 4.79 Å². The molecule has 2 aliphatic carbocycles. The maximum Gasteiger partial charge on any atom is 0.223 e. The van der Waals surface area contributed by atoms with E-state index >= 15 is 0 Å². The minimum Gasteiger partial charge on any atom is -0.353 e. The van der Waals surface area contributed by atoms with E-state index in [2.05, 4.69) is 40.3 Å². The second-order valence-corrected chi connectivity index (χ2v) is 6.46. The molecule has 2 nitrogen and oxygen atoms in total. The van der Waals surface area contributed by atoms with Gasteiger partial charge in [-0.25, -0.2) is 0 Å². The standard InChI is InChI=1S/C15H18BrNO/c1-9(10-6-7-10)17-15(18)13-8-12(13)11-4-2-3-5-14(11)16/h2-5,9-10,12-13H,6-8H2,1H3,(H,17,18)/t9-,12-,13+/m0/s1. The highest BCUT2D eigenvalue weighted by molar-refractivity contribution is 9.10. The molecule has 0 bridgehead atoms. The summed E-state index contributed by atoms with van der Waals surface area (Å²) < 4.78 is 1.13. The summed E-state index contributed by atoms with van der Waals surface area (Å²) in [5.41, 5.74) is 1.27. The molecule has 3 heteroatoms. The minimum atomic E-state index is 0.185. The van der Waals surface area contributed by atoms with Crippen LogP contribution in [-0.4, -0.2) is 11.9 Å². The van der Waals surface area contributed by atoms with Crippen molar-refractivity contribution in [1.82, 2.24) is 5.32 Å². The lowest BCUT2D eigenvalue weighted by atomic mass is 10.1. The Labute approximate surface area is 116 Å². The summed E-state index contributed by atoms with van der Waals surface area (Å²) in [6, 6.07) is 8.58. The van der Waals surface area contributed by atoms with Crippen molar-refractivity contribution in [3.63, 3.8) is 0 Å². The van der Waals surface area contributed by atoms with E-state index in [1.807, 2.05) is 12.1 Å². The quantitative estimate of drug-likeness (QED) is 0.906. The van der Waals surface area contributed by atoms with Crippen molar-refractivity contribution in [2.75, 3.05) is 0 Å². The van der Waals surface area contributed by atoms with Crippen LogP contribution in [0, 0.1) is 11.8 Å². The minimum absolute atomic E-state index is 0.185. The lowest BCUT2D eigenvalue weighted by Crippen LogP contribution is -2.35. The highest BCUT2D eigenvalue weighted by Gasteiger charge is 2.45. The van der Waals surface area contributed by atoms with Gasteiger partial charge in [-0.1, -0.05) is 34.1 Å². The predicted molar refractivity (Wildman–Crippen MR) is 75.3 cm³/mol. The molecular weight excluding hydrogens is 290 g/mol. The molecule has 96 valence electrons. The van der Waals surface area contributed by atoms with Crippen molar-refractivity contribution in [2.45, 2.75) is 38.1 Å². The Kier molecular flexibility index (Phi) is 3.18. The number of carbonyl (C=O) groups is 1. The first-order valence-corrected chi connectivity index (χ1v) is 7.51. The Morgan fingerprint density at radius 2 is 2.11 bits per heavy atom. The molecule has 1 aromatic carbocycles. The molecule has 0 heterocycles. The lowest BCUT2D eigenvalue weighted by molar-refractivity contribution is -0.123. The average molecular weight is 308 g/mol. The maximum atomic E-state index is 12.1. The van der Waals surface area contributed by atoms with E-state index < -0.39 is 0 Å². The van der Waals surface area contributed by atoms with Gasteiger partial charge >= 0.3 is 0 Å². The van der Waals surface area contributed by atoms with Gasteiger partial charge in [0.25, 0.3) is 0 Å². The Morgan fingerprint density at radius 3 is 2.78 bits per heavy atom. The van der Waals surface area contributed by atoms with Gasteiger partial charge in [0.05, 0.1) is 0 Å².